The Morgan fingerprint density at radius 3 is 2.23 bits per heavy atom. The number of methoxy groups -OCH3 is 1. The summed E-state index contributed by atoms with van der Waals surface area (Å²) < 4.78 is 10.1. The second-order valence-corrected chi connectivity index (χ2v) is 7.00. The van der Waals surface area contributed by atoms with E-state index in [0.29, 0.717) is 25.1 Å². The standard InChI is InChI=1S/C20H30N2O4/c1-5-26-18(23)10-11-21-12-14-22(15-13-21)20(2,3)19(24)16-6-8-17(25-4)9-7-16/h6-9H,5,10-15H2,1-4H3. The fraction of sp³-hybridized carbons (Fsp3) is 0.600. The zero-order valence-corrected chi connectivity index (χ0v) is 16.3. The number of carbonyl (C=O) groups is 2. The SMILES string of the molecule is CCOC(=O)CCN1CCN(C(C)(C)C(=O)c2ccc(OC)cc2)CC1. The van der Waals surface area contributed by atoms with Gasteiger partial charge in [0, 0.05) is 38.3 Å². The van der Waals surface area contributed by atoms with E-state index >= 15 is 0 Å². The lowest BCUT2D eigenvalue weighted by Gasteiger charge is -2.43. The Morgan fingerprint density at radius 1 is 1.08 bits per heavy atom. The third kappa shape index (κ3) is 5.05. The van der Waals surface area contributed by atoms with Crippen molar-refractivity contribution < 1.29 is 19.1 Å². The van der Waals surface area contributed by atoms with Gasteiger partial charge in [0.1, 0.15) is 5.75 Å². The topological polar surface area (TPSA) is 59.1 Å². The fourth-order valence-corrected chi connectivity index (χ4v) is 3.25. The first-order chi connectivity index (χ1) is 12.4. The van der Waals surface area contributed by atoms with Crippen LogP contribution in [0.1, 0.15) is 37.6 Å². The van der Waals surface area contributed by atoms with E-state index in [2.05, 4.69) is 9.80 Å². The maximum atomic E-state index is 13.0. The van der Waals surface area contributed by atoms with Crippen molar-refractivity contribution >= 4 is 11.8 Å². The number of nitrogens with zero attached hydrogens (tertiary/aromatic N) is 2. The van der Waals surface area contributed by atoms with Gasteiger partial charge in [-0.3, -0.25) is 14.5 Å². The number of esters is 1. The van der Waals surface area contributed by atoms with Gasteiger partial charge in [-0.05, 0) is 45.0 Å². The summed E-state index contributed by atoms with van der Waals surface area (Å²) in [5, 5.41) is 0. The van der Waals surface area contributed by atoms with Crippen molar-refractivity contribution in [2.45, 2.75) is 32.7 Å². The minimum Gasteiger partial charge on any atom is -0.497 e. The first kappa shape index (κ1) is 20.4. The molecule has 0 aromatic heterocycles. The third-order valence-electron chi connectivity index (χ3n) is 5.01. The van der Waals surface area contributed by atoms with E-state index in [-0.39, 0.29) is 11.8 Å². The van der Waals surface area contributed by atoms with E-state index in [1.165, 1.54) is 0 Å². The molecule has 0 aliphatic carbocycles. The van der Waals surface area contributed by atoms with Crippen LogP contribution in [0.5, 0.6) is 5.75 Å². The van der Waals surface area contributed by atoms with E-state index in [0.717, 1.165) is 31.9 Å². The molecule has 0 N–H and O–H groups in total. The van der Waals surface area contributed by atoms with Gasteiger partial charge in [-0.25, -0.2) is 0 Å². The van der Waals surface area contributed by atoms with Crippen LogP contribution in [0.25, 0.3) is 0 Å². The monoisotopic (exact) mass is 362 g/mol. The number of piperazine rings is 1. The number of hydrogen-bond donors (Lipinski definition) is 0. The van der Waals surface area contributed by atoms with Crippen LogP contribution in [0, 0.1) is 0 Å². The lowest BCUT2D eigenvalue weighted by molar-refractivity contribution is -0.143. The average Bonchev–Trinajstić information content (AvgIpc) is 2.66. The number of carbonyl (C=O) groups excluding carboxylic acids is 2. The lowest BCUT2D eigenvalue weighted by atomic mass is 9.90. The Kier molecular flexibility index (Phi) is 7.17. The van der Waals surface area contributed by atoms with Crippen LogP contribution >= 0.6 is 0 Å². The molecule has 0 unspecified atom stereocenters. The Hall–Kier alpha value is -1.92. The van der Waals surface area contributed by atoms with Gasteiger partial charge >= 0.3 is 5.97 Å². The molecule has 1 saturated heterocycles. The van der Waals surface area contributed by atoms with Crippen LogP contribution in [0.4, 0.5) is 0 Å². The molecule has 0 amide bonds. The van der Waals surface area contributed by atoms with Crippen LogP contribution in [0.3, 0.4) is 0 Å². The summed E-state index contributed by atoms with van der Waals surface area (Å²) in [5.74, 6) is 0.708. The molecule has 0 atom stereocenters. The summed E-state index contributed by atoms with van der Waals surface area (Å²) >= 11 is 0. The van der Waals surface area contributed by atoms with Crippen molar-refractivity contribution in [1.29, 1.82) is 0 Å². The van der Waals surface area contributed by atoms with E-state index in [1.54, 1.807) is 7.11 Å². The van der Waals surface area contributed by atoms with Crippen molar-refractivity contribution in [2.24, 2.45) is 0 Å². The van der Waals surface area contributed by atoms with Gasteiger partial charge in [-0.2, -0.15) is 0 Å². The van der Waals surface area contributed by atoms with Gasteiger partial charge in [0.25, 0.3) is 0 Å². The molecule has 0 bridgehead atoms. The number of ketones is 1. The highest BCUT2D eigenvalue weighted by atomic mass is 16.5. The Morgan fingerprint density at radius 2 is 1.69 bits per heavy atom. The van der Waals surface area contributed by atoms with Gasteiger partial charge in [0.05, 0.1) is 25.7 Å². The molecule has 1 aliphatic heterocycles. The van der Waals surface area contributed by atoms with Crippen molar-refractivity contribution in [3.05, 3.63) is 29.8 Å². The van der Waals surface area contributed by atoms with Gasteiger partial charge in [0.15, 0.2) is 5.78 Å². The molecule has 1 aromatic rings. The van der Waals surface area contributed by atoms with Gasteiger partial charge in [0.2, 0.25) is 0 Å². The minimum atomic E-state index is -0.568. The summed E-state index contributed by atoms with van der Waals surface area (Å²) in [6.45, 7) is 10.2. The average molecular weight is 362 g/mol. The fourth-order valence-electron chi connectivity index (χ4n) is 3.25. The minimum absolute atomic E-state index is 0.111. The van der Waals surface area contributed by atoms with Gasteiger partial charge < -0.3 is 14.4 Å². The van der Waals surface area contributed by atoms with Crippen LogP contribution < -0.4 is 4.74 Å². The zero-order chi connectivity index (χ0) is 19.2. The number of ether oxygens (including phenoxy) is 2. The summed E-state index contributed by atoms with van der Waals surface area (Å²) in [5.41, 5.74) is 0.127. The quantitative estimate of drug-likeness (QED) is 0.522. The lowest BCUT2D eigenvalue weighted by Crippen LogP contribution is -2.58. The predicted molar refractivity (Wildman–Crippen MR) is 101 cm³/mol. The molecular weight excluding hydrogens is 332 g/mol. The van der Waals surface area contributed by atoms with Crippen LogP contribution in [0.2, 0.25) is 0 Å². The second-order valence-electron chi connectivity index (χ2n) is 7.00. The molecule has 1 heterocycles. The molecule has 6 heteroatoms. The first-order valence-electron chi connectivity index (χ1n) is 9.20. The smallest absolute Gasteiger partial charge is 0.307 e. The number of rotatable bonds is 8. The number of benzene rings is 1. The van der Waals surface area contributed by atoms with Crippen molar-refractivity contribution in [1.82, 2.24) is 9.80 Å². The summed E-state index contributed by atoms with van der Waals surface area (Å²) in [6, 6.07) is 7.27. The molecule has 0 spiro atoms. The number of Topliss-reactive ketones (excluding diaryl/α,β-unsaturated/α-hetero) is 1. The third-order valence-corrected chi connectivity index (χ3v) is 5.01. The predicted octanol–water partition coefficient (Wildman–Crippen LogP) is 2.23. The molecule has 26 heavy (non-hydrogen) atoms. The van der Waals surface area contributed by atoms with Gasteiger partial charge in [-0.15, -0.1) is 0 Å². The van der Waals surface area contributed by atoms with Crippen molar-refractivity contribution in [2.75, 3.05) is 46.4 Å². The first-order valence-corrected chi connectivity index (χ1v) is 9.20. The molecular formula is C20H30N2O4. The maximum Gasteiger partial charge on any atom is 0.307 e. The zero-order valence-electron chi connectivity index (χ0n) is 16.3. The van der Waals surface area contributed by atoms with Crippen molar-refractivity contribution in [3.8, 4) is 5.75 Å². The Labute approximate surface area is 156 Å². The normalized spacial score (nSPS) is 16.3. The van der Waals surface area contributed by atoms with E-state index in [1.807, 2.05) is 45.0 Å². The van der Waals surface area contributed by atoms with Crippen LogP contribution in [-0.4, -0.2) is 73.5 Å². The largest absolute Gasteiger partial charge is 0.497 e. The molecule has 144 valence electrons. The van der Waals surface area contributed by atoms with E-state index in [9.17, 15) is 9.59 Å². The highest BCUT2D eigenvalue weighted by Gasteiger charge is 2.36. The molecule has 0 radical (unpaired) electrons. The number of hydrogen-bond acceptors (Lipinski definition) is 6. The molecule has 0 saturated carbocycles. The summed E-state index contributed by atoms with van der Waals surface area (Å²) in [7, 11) is 1.61. The molecule has 1 fully saturated rings. The van der Waals surface area contributed by atoms with Gasteiger partial charge in [-0.1, -0.05) is 0 Å². The summed E-state index contributed by atoms with van der Waals surface area (Å²) in [4.78, 5) is 28.9. The van der Waals surface area contributed by atoms with Crippen molar-refractivity contribution in [3.63, 3.8) is 0 Å². The Bertz CT molecular complexity index is 605. The van der Waals surface area contributed by atoms with E-state index in [4.69, 9.17) is 9.47 Å². The molecule has 1 aromatic carbocycles. The Balaban J connectivity index is 1.89. The van der Waals surface area contributed by atoms with E-state index < -0.39 is 5.54 Å². The molecule has 1 aliphatic rings. The molecule has 6 nitrogen and oxygen atoms in total. The summed E-state index contributed by atoms with van der Waals surface area (Å²) in [6.07, 6.45) is 0.419. The van der Waals surface area contributed by atoms with Crippen LogP contribution in [-0.2, 0) is 9.53 Å². The molecule has 2 rings (SSSR count). The highest BCUT2D eigenvalue weighted by molar-refractivity contribution is 6.02. The highest BCUT2D eigenvalue weighted by Crippen LogP contribution is 2.23. The van der Waals surface area contributed by atoms with Crippen LogP contribution in [0.15, 0.2) is 24.3 Å². The maximum absolute atomic E-state index is 13.0. The second kappa shape index (κ2) is 9.14.